The van der Waals surface area contributed by atoms with Crippen molar-refractivity contribution in [2.45, 2.75) is 12.5 Å². The van der Waals surface area contributed by atoms with E-state index >= 15 is 0 Å². The maximum atomic E-state index is 12.2. The Kier molecular flexibility index (Phi) is 5.39. The highest BCUT2D eigenvalue weighted by Crippen LogP contribution is 2.26. The van der Waals surface area contributed by atoms with Crippen LogP contribution in [-0.2, 0) is 11.2 Å². The first-order valence-corrected chi connectivity index (χ1v) is 8.39. The first-order chi connectivity index (χ1) is 12.6. The standard InChI is InChI=1S/C21H21NO4/c1-26-19-12-14(6-9-18(19)23)10-11-22-21(25)20(24)17-8-7-15-4-2-3-5-16(15)13-17/h2-9,12-13,20,23-24H,10-11H2,1H3,(H,22,25)/t20-/m0/s1. The van der Waals surface area contributed by atoms with Crippen molar-refractivity contribution in [1.29, 1.82) is 0 Å². The van der Waals surface area contributed by atoms with Crippen LogP contribution in [0.2, 0.25) is 0 Å². The summed E-state index contributed by atoms with van der Waals surface area (Å²) in [5, 5.41) is 24.7. The largest absolute Gasteiger partial charge is 0.504 e. The van der Waals surface area contributed by atoms with Crippen LogP contribution in [0, 0.1) is 0 Å². The summed E-state index contributed by atoms with van der Waals surface area (Å²) in [5.74, 6) is 0.0306. The van der Waals surface area contributed by atoms with Crippen molar-refractivity contribution in [2.24, 2.45) is 0 Å². The number of carbonyl (C=O) groups is 1. The SMILES string of the molecule is COc1cc(CCNC(=O)[C@@H](O)c2ccc3ccccc3c2)ccc1O. The summed E-state index contributed by atoms with van der Waals surface area (Å²) in [7, 11) is 1.49. The van der Waals surface area contributed by atoms with E-state index < -0.39 is 12.0 Å². The molecule has 134 valence electrons. The molecule has 0 spiro atoms. The van der Waals surface area contributed by atoms with Gasteiger partial charge in [0.1, 0.15) is 0 Å². The van der Waals surface area contributed by atoms with Gasteiger partial charge in [0.2, 0.25) is 0 Å². The van der Waals surface area contributed by atoms with Crippen molar-refractivity contribution < 1.29 is 19.7 Å². The van der Waals surface area contributed by atoms with Gasteiger partial charge in [-0.2, -0.15) is 0 Å². The summed E-state index contributed by atoms with van der Waals surface area (Å²) < 4.78 is 5.07. The van der Waals surface area contributed by atoms with Crippen LogP contribution in [0.3, 0.4) is 0 Å². The molecule has 3 aromatic carbocycles. The van der Waals surface area contributed by atoms with Crippen LogP contribution in [0.4, 0.5) is 0 Å². The number of ether oxygens (including phenoxy) is 1. The number of hydrogen-bond acceptors (Lipinski definition) is 4. The summed E-state index contributed by atoms with van der Waals surface area (Å²) in [5.41, 5.74) is 1.48. The van der Waals surface area contributed by atoms with Crippen molar-refractivity contribution in [1.82, 2.24) is 5.32 Å². The Morgan fingerprint density at radius 3 is 2.62 bits per heavy atom. The highest BCUT2D eigenvalue weighted by molar-refractivity contribution is 5.86. The number of nitrogens with one attached hydrogen (secondary N) is 1. The van der Waals surface area contributed by atoms with Gasteiger partial charge in [-0.3, -0.25) is 4.79 Å². The molecule has 0 fully saturated rings. The Morgan fingerprint density at radius 2 is 1.85 bits per heavy atom. The van der Waals surface area contributed by atoms with Crippen LogP contribution in [0.25, 0.3) is 10.8 Å². The van der Waals surface area contributed by atoms with Gasteiger partial charge in [-0.15, -0.1) is 0 Å². The Labute approximate surface area is 151 Å². The molecule has 0 radical (unpaired) electrons. The molecular formula is C21H21NO4. The van der Waals surface area contributed by atoms with Crippen LogP contribution >= 0.6 is 0 Å². The van der Waals surface area contributed by atoms with Crippen LogP contribution in [-0.4, -0.2) is 29.8 Å². The molecule has 5 heteroatoms. The van der Waals surface area contributed by atoms with Gasteiger partial charge in [0.05, 0.1) is 7.11 Å². The van der Waals surface area contributed by atoms with Gasteiger partial charge in [0.15, 0.2) is 17.6 Å². The maximum absolute atomic E-state index is 12.2. The topological polar surface area (TPSA) is 78.8 Å². The number of phenolic OH excluding ortho intramolecular Hbond substituents is 1. The second kappa shape index (κ2) is 7.89. The molecule has 0 aromatic heterocycles. The number of aliphatic hydroxyl groups excluding tert-OH is 1. The van der Waals surface area contributed by atoms with Gasteiger partial charge in [-0.05, 0) is 46.5 Å². The van der Waals surface area contributed by atoms with Crippen molar-refractivity contribution >= 4 is 16.7 Å². The van der Waals surface area contributed by atoms with Gasteiger partial charge < -0.3 is 20.3 Å². The summed E-state index contributed by atoms with van der Waals surface area (Å²) in [6.07, 6.45) is -0.652. The molecule has 0 saturated carbocycles. The zero-order valence-electron chi connectivity index (χ0n) is 14.5. The molecule has 0 aliphatic carbocycles. The van der Waals surface area contributed by atoms with Gasteiger partial charge in [-0.25, -0.2) is 0 Å². The van der Waals surface area contributed by atoms with Crippen molar-refractivity contribution in [2.75, 3.05) is 13.7 Å². The third-order valence-corrected chi connectivity index (χ3v) is 4.29. The van der Waals surface area contributed by atoms with E-state index in [1.807, 2.05) is 36.4 Å². The number of methoxy groups -OCH3 is 1. The zero-order chi connectivity index (χ0) is 18.5. The fourth-order valence-electron chi connectivity index (χ4n) is 2.83. The van der Waals surface area contributed by atoms with Crippen molar-refractivity contribution in [3.8, 4) is 11.5 Å². The third kappa shape index (κ3) is 3.95. The van der Waals surface area contributed by atoms with Gasteiger partial charge in [-0.1, -0.05) is 42.5 Å². The lowest BCUT2D eigenvalue weighted by atomic mass is 10.0. The number of phenols is 1. The smallest absolute Gasteiger partial charge is 0.253 e. The molecule has 3 rings (SSSR count). The highest BCUT2D eigenvalue weighted by atomic mass is 16.5. The van der Waals surface area contributed by atoms with Crippen LogP contribution < -0.4 is 10.1 Å². The minimum Gasteiger partial charge on any atom is -0.504 e. The highest BCUT2D eigenvalue weighted by Gasteiger charge is 2.17. The monoisotopic (exact) mass is 351 g/mol. The number of rotatable bonds is 6. The third-order valence-electron chi connectivity index (χ3n) is 4.29. The van der Waals surface area contributed by atoms with E-state index in [0.717, 1.165) is 16.3 Å². The Morgan fingerprint density at radius 1 is 1.08 bits per heavy atom. The van der Waals surface area contributed by atoms with Gasteiger partial charge >= 0.3 is 0 Å². The number of benzene rings is 3. The second-order valence-corrected chi connectivity index (χ2v) is 6.06. The van der Waals surface area contributed by atoms with E-state index in [1.54, 1.807) is 24.3 Å². The Bertz CT molecular complexity index is 923. The predicted octanol–water partition coefficient (Wildman–Crippen LogP) is 2.95. The van der Waals surface area contributed by atoms with E-state index in [2.05, 4.69) is 5.32 Å². The molecule has 0 aliphatic heterocycles. The lowest BCUT2D eigenvalue weighted by Gasteiger charge is -2.13. The molecule has 3 N–H and O–H groups in total. The molecule has 0 heterocycles. The van der Waals surface area contributed by atoms with E-state index in [4.69, 9.17) is 4.74 Å². The molecular weight excluding hydrogens is 330 g/mol. The van der Waals surface area contributed by atoms with Crippen LogP contribution in [0.1, 0.15) is 17.2 Å². The van der Waals surface area contributed by atoms with Gasteiger partial charge in [0.25, 0.3) is 5.91 Å². The number of carbonyl (C=O) groups excluding carboxylic acids is 1. The van der Waals surface area contributed by atoms with E-state index in [1.165, 1.54) is 7.11 Å². The number of fused-ring (bicyclic) bond motifs is 1. The minimum atomic E-state index is -1.21. The second-order valence-electron chi connectivity index (χ2n) is 6.06. The molecule has 0 unspecified atom stereocenters. The molecule has 0 saturated heterocycles. The summed E-state index contributed by atoms with van der Waals surface area (Å²) >= 11 is 0. The summed E-state index contributed by atoms with van der Waals surface area (Å²) in [6, 6.07) is 18.3. The summed E-state index contributed by atoms with van der Waals surface area (Å²) in [6.45, 7) is 0.372. The fourth-order valence-corrected chi connectivity index (χ4v) is 2.83. The maximum Gasteiger partial charge on any atom is 0.253 e. The normalized spacial score (nSPS) is 11.9. The number of amides is 1. The fraction of sp³-hybridized carbons (Fsp3) is 0.190. The number of hydrogen-bond donors (Lipinski definition) is 3. The molecule has 3 aromatic rings. The van der Waals surface area contributed by atoms with Crippen LogP contribution in [0.15, 0.2) is 60.7 Å². The minimum absolute atomic E-state index is 0.0759. The number of aliphatic hydroxyl groups is 1. The lowest BCUT2D eigenvalue weighted by molar-refractivity contribution is -0.129. The quantitative estimate of drug-likeness (QED) is 0.638. The van der Waals surface area contributed by atoms with E-state index in [0.29, 0.717) is 24.3 Å². The zero-order valence-corrected chi connectivity index (χ0v) is 14.5. The number of aromatic hydroxyl groups is 1. The van der Waals surface area contributed by atoms with Crippen molar-refractivity contribution in [3.63, 3.8) is 0 Å². The Hall–Kier alpha value is -3.05. The molecule has 0 bridgehead atoms. The summed E-state index contributed by atoms with van der Waals surface area (Å²) in [4.78, 5) is 12.2. The average Bonchev–Trinajstić information content (AvgIpc) is 2.68. The lowest BCUT2D eigenvalue weighted by Crippen LogP contribution is -2.30. The van der Waals surface area contributed by atoms with E-state index in [9.17, 15) is 15.0 Å². The first kappa shape index (κ1) is 17.8. The van der Waals surface area contributed by atoms with Crippen LogP contribution in [0.5, 0.6) is 11.5 Å². The molecule has 1 amide bonds. The molecule has 26 heavy (non-hydrogen) atoms. The van der Waals surface area contributed by atoms with Crippen molar-refractivity contribution in [3.05, 3.63) is 71.8 Å². The molecule has 5 nitrogen and oxygen atoms in total. The molecule has 0 aliphatic rings. The predicted molar refractivity (Wildman–Crippen MR) is 100 cm³/mol. The Balaban J connectivity index is 1.60. The molecule has 1 atom stereocenters. The average molecular weight is 351 g/mol. The first-order valence-electron chi connectivity index (χ1n) is 8.39. The van der Waals surface area contributed by atoms with E-state index in [-0.39, 0.29) is 5.75 Å². The van der Waals surface area contributed by atoms with Gasteiger partial charge in [0, 0.05) is 6.54 Å².